The van der Waals surface area contributed by atoms with Gasteiger partial charge >= 0.3 is 0 Å². The van der Waals surface area contributed by atoms with Gasteiger partial charge in [-0.2, -0.15) is 0 Å². The zero-order valence-electron chi connectivity index (χ0n) is 12.7. The van der Waals surface area contributed by atoms with E-state index in [0.717, 1.165) is 0 Å². The molecule has 0 heterocycles. The topological polar surface area (TPSA) is 64.6 Å². The number of anilines is 1. The number of aldehydes is 1. The van der Waals surface area contributed by atoms with Crippen LogP contribution in [0, 0.1) is 0 Å². The van der Waals surface area contributed by atoms with Crippen LogP contribution in [0.15, 0.2) is 46.9 Å². The molecule has 2 rings (SSSR count). The molecular formula is C17H16BrNO4. The molecule has 0 saturated carbocycles. The highest BCUT2D eigenvalue weighted by molar-refractivity contribution is 9.10. The standard InChI is InChI=1S/C17H16BrNO4/c1-11(17(21)19-13-6-4-3-5-7-13)23-16-8-12(10-20)14(18)9-15(16)22-2/h3-11H,1-2H3,(H,19,21)/t11-/m0/s1. The smallest absolute Gasteiger partial charge is 0.265 e. The molecule has 2 aromatic carbocycles. The van der Waals surface area contributed by atoms with Crippen molar-refractivity contribution in [3.05, 3.63) is 52.5 Å². The minimum absolute atomic E-state index is 0.297. The van der Waals surface area contributed by atoms with Gasteiger partial charge in [0.2, 0.25) is 0 Å². The molecule has 0 fully saturated rings. The Bertz CT molecular complexity index is 703. The zero-order valence-corrected chi connectivity index (χ0v) is 14.3. The second kappa shape index (κ2) is 7.78. The van der Waals surface area contributed by atoms with Crippen LogP contribution in [-0.2, 0) is 4.79 Å². The summed E-state index contributed by atoms with van der Waals surface area (Å²) in [4.78, 5) is 23.2. The Morgan fingerprint density at radius 1 is 1.22 bits per heavy atom. The van der Waals surface area contributed by atoms with Crippen LogP contribution in [-0.4, -0.2) is 25.4 Å². The summed E-state index contributed by atoms with van der Waals surface area (Å²) in [7, 11) is 1.49. The van der Waals surface area contributed by atoms with Gasteiger partial charge in [0, 0.05) is 15.7 Å². The van der Waals surface area contributed by atoms with E-state index in [0.29, 0.717) is 33.5 Å². The van der Waals surface area contributed by atoms with Crippen molar-refractivity contribution >= 4 is 33.8 Å². The number of halogens is 1. The molecule has 0 aromatic heterocycles. The molecule has 0 aliphatic heterocycles. The maximum Gasteiger partial charge on any atom is 0.265 e. The van der Waals surface area contributed by atoms with Gasteiger partial charge in [0.25, 0.3) is 5.91 Å². The summed E-state index contributed by atoms with van der Waals surface area (Å²) in [5.74, 6) is 0.462. The largest absolute Gasteiger partial charge is 0.493 e. The van der Waals surface area contributed by atoms with Crippen molar-refractivity contribution in [1.29, 1.82) is 0 Å². The van der Waals surface area contributed by atoms with Crippen LogP contribution >= 0.6 is 15.9 Å². The lowest BCUT2D eigenvalue weighted by molar-refractivity contribution is -0.122. The molecule has 120 valence electrons. The Morgan fingerprint density at radius 2 is 1.91 bits per heavy atom. The first-order chi connectivity index (χ1) is 11.0. The third kappa shape index (κ3) is 4.32. The summed E-state index contributed by atoms with van der Waals surface area (Å²) in [5.41, 5.74) is 1.10. The van der Waals surface area contributed by atoms with Crippen molar-refractivity contribution in [3.8, 4) is 11.5 Å². The fraction of sp³-hybridized carbons (Fsp3) is 0.176. The third-order valence-corrected chi connectivity index (χ3v) is 3.81. The number of ether oxygens (including phenoxy) is 2. The SMILES string of the molecule is COc1cc(Br)c(C=O)cc1O[C@@H](C)C(=O)Nc1ccccc1. The molecule has 1 atom stereocenters. The van der Waals surface area contributed by atoms with Crippen molar-refractivity contribution in [2.24, 2.45) is 0 Å². The number of hydrogen-bond acceptors (Lipinski definition) is 4. The van der Waals surface area contributed by atoms with E-state index in [1.54, 1.807) is 25.1 Å². The third-order valence-electron chi connectivity index (χ3n) is 3.12. The molecule has 1 N–H and O–H groups in total. The maximum absolute atomic E-state index is 12.2. The molecule has 0 aliphatic carbocycles. The van der Waals surface area contributed by atoms with Crippen molar-refractivity contribution in [1.82, 2.24) is 0 Å². The van der Waals surface area contributed by atoms with Crippen molar-refractivity contribution in [2.45, 2.75) is 13.0 Å². The average Bonchev–Trinajstić information content (AvgIpc) is 2.56. The quantitative estimate of drug-likeness (QED) is 0.779. The molecule has 0 aliphatic rings. The molecule has 0 radical (unpaired) electrons. The molecule has 23 heavy (non-hydrogen) atoms. The lowest BCUT2D eigenvalue weighted by Gasteiger charge is -2.17. The van der Waals surface area contributed by atoms with Crippen LogP contribution in [0.1, 0.15) is 17.3 Å². The number of para-hydroxylation sites is 1. The van der Waals surface area contributed by atoms with E-state index < -0.39 is 6.10 Å². The second-order valence-corrected chi connectivity index (χ2v) is 5.61. The van der Waals surface area contributed by atoms with E-state index in [9.17, 15) is 9.59 Å². The lowest BCUT2D eigenvalue weighted by atomic mass is 10.2. The van der Waals surface area contributed by atoms with Crippen LogP contribution in [0.5, 0.6) is 11.5 Å². The number of benzene rings is 2. The number of carbonyl (C=O) groups excluding carboxylic acids is 2. The van der Waals surface area contributed by atoms with E-state index in [1.807, 2.05) is 18.2 Å². The Kier molecular flexibility index (Phi) is 5.76. The molecule has 1 amide bonds. The van der Waals surface area contributed by atoms with E-state index in [-0.39, 0.29) is 5.91 Å². The fourth-order valence-corrected chi connectivity index (χ4v) is 2.32. The van der Waals surface area contributed by atoms with Gasteiger partial charge in [-0.1, -0.05) is 18.2 Å². The zero-order chi connectivity index (χ0) is 16.8. The highest BCUT2D eigenvalue weighted by Crippen LogP contribution is 2.33. The Labute approximate surface area is 142 Å². The first kappa shape index (κ1) is 17.0. The number of rotatable bonds is 6. The summed E-state index contributed by atoms with van der Waals surface area (Å²) >= 11 is 3.28. The van der Waals surface area contributed by atoms with Gasteiger partial charge < -0.3 is 14.8 Å². The van der Waals surface area contributed by atoms with Gasteiger partial charge in [-0.05, 0) is 47.1 Å². The summed E-state index contributed by atoms with van der Waals surface area (Å²) < 4.78 is 11.5. The minimum atomic E-state index is -0.759. The van der Waals surface area contributed by atoms with Crippen LogP contribution in [0.3, 0.4) is 0 Å². The number of amides is 1. The van der Waals surface area contributed by atoms with Gasteiger partial charge in [-0.15, -0.1) is 0 Å². The van der Waals surface area contributed by atoms with E-state index in [2.05, 4.69) is 21.2 Å². The summed E-state index contributed by atoms with van der Waals surface area (Å²) in [6.07, 6.45) is -0.0600. The number of nitrogens with one attached hydrogen (secondary N) is 1. The van der Waals surface area contributed by atoms with Crippen LogP contribution in [0.25, 0.3) is 0 Å². The Hall–Kier alpha value is -2.34. The van der Waals surface area contributed by atoms with Gasteiger partial charge in [-0.3, -0.25) is 9.59 Å². The predicted octanol–water partition coefficient (Wildman–Crippen LogP) is 3.68. The average molecular weight is 378 g/mol. The first-order valence-electron chi connectivity index (χ1n) is 6.90. The van der Waals surface area contributed by atoms with E-state index in [4.69, 9.17) is 9.47 Å². The van der Waals surface area contributed by atoms with Crippen molar-refractivity contribution in [3.63, 3.8) is 0 Å². The molecule has 0 unspecified atom stereocenters. The van der Waals surface area contributed by atoms with Crippen LogP contribution in [0.2, 0.25) is 0 Å². The normalized spacial score (nSPS) is 11.4. The summed E-state index contributed by atoms with van der Waals surface area (Å²) in [6, 6.07) is 12.3. The monoisotopic (exact) mass is 377 g/mol. The van der Waals surface area contributed by atoms with E-state index in [1.165, 1.54) is 13.2 Å². The number of carbonyl (C=O) groups is 2. The molecule has 0 bridgehead atoms. The van der Waals surface area contributed by atoms with Gasteiger partial charge in [0.05, 0.1) is 7.11 Å². The molecule has 2 aromatic rings. The number of methoxy groups -OCH3 is 1. The minimum Gasteiger partial charge on any atom is -0.493 e. The van der Waals surface area contributed by atoms with Gasteiger partial charge in [0.1, 0.15) is 0 Å². The Morgan fingerprint density at radius 3 is 2.52 bits per heavy atom. The first-order valence-corrected chi connectivity index (χ1v) is 7.69. The highest BCUT2D eigenvalue weighted by Gasteiger charge is 2.18. The predicted molar refractivity (Wildman–Crippen MR) is 91.2 cm³/mol. The van der Waals surface area contributed by atoms with Gasteiger partial charge in [-0.25, -0.2) is 0 Å². The van der Waals surface area contributed by atoms with Crippen LogP contribution in [0.4, 0.5) is 5.69 Å². The van der Waals surface area contributed by atoms with Gasteiger partial charge in [0.15, 0.2) is 23.9 Å². The number of hydrogen-bond donors (Lipinski definition) is 1. The second-order valence-electron chi connectivity index (χ2n) is 4.76. The summed E-state index contributed by atoms with van der Waals surface area (Å²) in [5, 5.41) is 2.76. The molecule has 6 heteroatoms. The van der Waals surface area contributed by atoms with Crippen molar-refractivity contribution < 1.29 is 19.1 Å². The molecule has 0 spiro atoms. The lowest BCUT2D eigenvalue weighted by Crippen LogP contribution is -2.30. The molecule has 5 nitrogen and oxygen atoms in total. The highest BCUT2D eigenvalue weighted by atomic mass is 79.9. The molecule has 0 saturated heterocycles. The molecular weight excluding hydrogens is 362 g/mol. The summed E-state index contributed by atoms with van der Waals surface area (Å²) in [6.45, 7) is 1.63. The van der Waals surface area contributed by atoms with Crippen molar-refractivity contribution in [2.75, 3.05) is 12.4 Å². The maximum atomic E-state index is 12.2. The van der Waals surface area contributed by atoms with Crippen LogP contribution < -0.4 is 14.8 Å². The Balaban J connectivity index is 2.14. The fourth-order valence-electron chi connectivity index (χ4n) is 1.90. The van der Waals surface area contributed by atoms with E-state index >= 15 is 0 Å².